The lowest BCUT2D eigenvalue weighted by atomic mass is 10.3. The highest BCUT2D eigenvalue weighted by molar-refractivity contribution is 14.1. The minimum Gasteiger partial charge on any atom is -0.480 e. The minimum absolute atomic E-state index is 0.352. The van der Waals surface area contributed by atoms with E-state index in [1.807, 2.05) is 0 Å². The molecule has 0 atom stereocenters. The molecule has 0 spiro atoms. The predicted molar refractivity (Wildman–Crippen MR) is 69.0 cm³/mol. The van der Waals surface area contributed by atoms with Crippen molar-refractivity contribution in [3.63, 3.8) is 0 Å². The smallest absolute Gasteiger partial charge is 0.324 e. The van der Waals surface area contributed by atoms with Crippen LogP contribution < -0.4 is 4.31 Å². The van der Waals surface area contributed by atoms with Gasteiger partial charge in [0.1, 0.15) is 6.54 Å². The zero-order valence-corrected chi connectivity index (χ0v) is 11.4. The second-order valence-corrected chi connectivity index (χ2v) is 6.29. The number of halogens is 1. The first-order chi connectivity index (χ1) is 7.30. The van der Waals surface area contributed by atoms with Crippen LogP contribution in [0, 0.1) is 3.57 Å². The molecule has 88 valence electrons. The number of anilines is 1. The summed E-state index contributed by atoms with van der Waals surface area (Å²) in [4.78, 5) is 10.6. The fourth-order valence-corrected chi connectivity index (χ4v) is 2.34. The van der Waals surface area contributed by atoms with E-state index in [9.17, 15) is 13.2 Å². The third-order valence-corrected chi connectivity index (χ3v) is 3.65. The molecule has 0 bridgehead atoms. The van der Waals surface area contributed by atoms with Crippen LogP contribution in [0.15, 0.2) is 24.3 Å². The molecule has 0 heterocycles. The first-order valence-corrected chi connectivity index (χ1v) is 7.18. The molecule has 5 nitrogen and oxygen atoms in total. The van der Waals surface area contributed by atoms with Gasteiger partial charge < -0.3 is 5.11 Å². The number of hydrogen-bond donors (Lipinski definition) is 1. The zero-order chi connectivity index (χ0) is 12.3. The van der Waals surface area contributed by atoms with Gasteiger partial charge in [-0.2, -0.15) is 0 Å². The van der Waals surface area contributed by atoms with Crippen LogP contribution in [0.2, 0.25) is 0 Å². The second kappa shape index (κ2) is 5.00. The summed E-state index contributed by atoms with van der Waals surface area (Å²) >= 11 is 2.08. The van der Waals surface area contributed by atoms with Crippen LogP contribution in [-0.4, -0.2) is 32.3 Å². The number of carboxylic acid groups (broad SMARTS) is 1. The maximum atomic E-state index is 11.4. The fraction of sp³-hybridized carbons (Fsp3) is 0.222. The lowest BCUT2D eigenvalue weighted by Crippen LogP contribution is -2.34. The Hall–Kier alpha value is -0.830. The quantitative estimate of drug-likeness (QED) is 0.822. The molecule has 0 aliphatic heterocycles. The number of nitrogens with zero attached hydrogens (tertiary/aromatic N) is 1. The van der Waals surface area contributed by atoms with Gasteiger partial charge in [0, 0.05) is 3.57 Å². The lowest BCUT2D eigenvalue weighted by molar-refractivity contribution is -0.135. The average molecular weight is 355 g/mol. The van der Waals surface area contributed by atoms with Crippen LogP contribution in [0.3, 0.4) is 0 Å². The van der Waals surface area contributed by atoms with E-state index in [1.165, 1.54) is 0 Å². The molecule has 16 heavy (non-hydrogen) atoms. The Labute approximate surface area is 107 Å². The van der Waals surface area contributed by atoms with Crippen molar-refractivity contribution in [2.75, 3.05) is 17.1 Å². The number of carboxylic acids is 1. The molecule has 0 saturated heterocycles. The van der Waals surface area contributed by atoms with Gasteiger partial charge in [-0.05, 0) is 46.9 Å². The van der Waals surface area contributed by atoms with Gasteiger partial charge in [0.2, 0.25) is 10.0 Å². The summed E-state index contributed by atoms with van der Waals surface area (Å²) in [6.45, 7) is -0.570. The Balaban J connectivity index is 3.11. The fourth-order valence-electron chi connectivity index (χ4n) is 1.13. The molecule has 0 fully saturated rings. The van der Waals surface area contributed by atoms with Crippen LogP contribution in [0.4, 0.5) is 5.69 Å². The van der Waals surface area contributed by atoms with Crippen molar-refractivity contribution in [3.05, 3.63) is 27.8 Å². The van der Waals surface area contributed by atoms with Crippen LogP contribution >= 0.6 is 22.6 Å². The summed E-state index contributed by atoms with van der Waals surface area (Å²) in [7, 11) is -3.58. The van der Waals surface area contributed by atoms with Gasteiger partial charge in [-0.15, -0.1) is 0 Å². The summed E-state index contributed by atoms with van der Waals surface area (Å²) in [5.74, 6) is -1.19. The summed E-state index contributed by atoms with van der Waals surface area (Å²) in [6.07, 6.45) is 0.980. The summed E-state index contributed by atoms with van der Waals surface area (Å²) in [5.41, 5.74) is 0.352. The normalized spacial score (nSPS) is 11.1. The molecule has 1 aromatic carbocycles. The highest BCUT2D eigenvalue weighted by Gasteiger charge is 2.19. The van der Waals surface area contributed by atoms with E-state index in [-0.39, 0.29) is 0 Å². The van der Waals surface area contributed by atoms with Crippen molar-refractivity contribution in [2.24, 2.45) is 0 Å². The van der Waals surface area contributed by atoms with Crippen molar-refractivity contribution < 1.29 is 18.3 Å². The number of hydrogen-bond acceptors (Lipinski definition) is 3. The van der Waals surface area contributed by atoms with Crippen molar-refractivity contribution in [1.29, 1.82) is 0 Å². The Morgan fingerprint density at radius 1 is 1.38 bits per heavy atom. The number of carbonyl (C=O) groups is 1. The number of aliphatic carboxylic acids is 1. The third kappa shape index (κ3) is 3.63. The third-order valence-electron chi connectivity index (χ3n) is 1.79. The first-order valence-electron chi connectivity index (χ1n) is 4.26. The number of sulfonamides is 1. The Morgan fingerprint density at radius 3 is 2.25 bits per heavy atom. The molecule has 0 saturated carbocycles. The van der Waals surface area contributed by atoms with Crippen LogP contribution in [0.25, 0.3) is 0 Å². The van der Waals surface area contributed by atoms with Gasteiger partial charge in [-0.3, -0.25) is 9.10 Å². The van der Waals surface area contributed by atoms with Crippen LogP contribution in [0.5, 0.6) is 0 Å². The van der Waals surface area contributed by atoms with Gasteiger partial charge in [0.05, 0.1) is 11.9 Å². The van der Waals surface area contributed by atoms with Gasteiger partial charge in [-0.1, -0.05) is 0 Å². The highest BCUT2D eigenvalue weighted by Crippen LogP contribution is 2.18. The van der Waals surface area contributed by atoms with E-state index >= 15 is 0 Å². The Morgan fingerprint density at radius 2 is 1.88 bits per heavy atom. The maximum absolute atomic E-state index is 11.4. The minimum atomic E-state index is -3.58. The summed E-state index contributed by atoms with van der Waals surface area (Å²) < 4.78 is 24.6. The first kappa shape index (κ1) is 13.2. The molecule has 0 aliphatic carbocycles. The Bertz CT molecular complexity index is 483. The van der Waals surface area contributed by atoms with E-state index in [4.69, 9.17) is 5.11 Å². The van der Waals surface area contributed by atoms with E-state index in [0.29, 0.717) is 5.69 Å². The molecule has 1 rings (SSSR count). The van der Waals surface area contributed by atoms with E-state index < -0.39 is 22.5 Å². The molecule has 0 aromatic heterocycles. The molecular formula is C9H10INO4S. The van der Waals surface area contributed by atoms with E-state index in [2.05, 4.69) is 22.6 Å². The Kier molecular flexibility index (Phi) is 4.14. The monoisotopic (exact) mass is 355 g/mol. The lowest BCUT2D eigenvalue weighted by Gasteiger charge is -2.20. The van der Waals surface area contributed by atoms with Gasteiger partial charge >= 0.3 is 5.97 Å². The molecule has 0 unspecified atom stereocenters. The van der Waals surface area contributed by atoms with Crippen molar-refractivity contribution in [3.8, 4) is 0 Å². The average Bonchev–Trinajstić information content (AvgIpc) is 2.14. The maximum Gasteiger partial charge on any atom is 0.324 e. The molecule has 0 radical (unpaired) electrons. The molecule has 0 aliphatic rings. The van der Waals surface area contributed by atoms with Crippen molar-refractivity contribution >= 4 is 44.3 Å². The second-order valence-electron chi connectivity index (χ2n) is 3.14. The van der Waals surface area contributed by atoms with E-state index in [0.717, 1.165) is 14.1 Å². The van der Waals surface area contributed by atoms with Crippen LogP contribution in [-0.2, 0) is 14.8 Å². The van der Waals surface area contributed by atoms with Crippen LogP contribution in [0.1, 0.15) is 0 Å². The molecule has 1 N–H and O–H groups in total. The topological polar surface area (TPSA) is 74.7 Å². The number of rotatable bonds is 4. The molecule has 1 aromatic rings. The zero-order valence-electron chi connectivity index (χ0n) is 8.42. The predicted octanol–water partition coefficient (Wildman–Crippen LogP) is 1.14. The molecular weight excluding hydrogens is 345 g/mol. The van der Waals surface area contributed by atoms with E-state index in [1.54, 1.807) is 24.3 Å². The van der Waals surface area contributed by atoms with Crippen molar-refractivity contribution in [2.45, 2.75) is 0 Å². The van der Waals surface area contributed by atoms with Gasteiger partial charge in [-0.25, -0.2) is 8.42 Å². The van der Waals surface area contributed by atoms with Gasteiger partial charge in [0.15, 0.2) is 0 Å². The molecule has 7 heteroatoms. The highest BCUT2D eigenvalue weighted by atomic mass is 127. The largest absolute Gasteiger partial charge is 0.480 e. The standard InChI is InChI=1S/C9H10INO4S/c1-16(14,15)11(6-9(12)13)8-4-2-7(10)3-5-8/h2-5H,6H2,1H3,(H,12,13). The summed E-state index contributed by atoms with van der Waals surface area (Å²) in [5, 5.41) is 8.66. The SMILES string of the molecule is CS(=O)(=O)N(CC(=O)O)c1ccc(I)cc1. The summed E-state index contributed by atoms with van der Waals surface area (Å²) in [6, 6.07) is 6.59. The number of benzene rings is 1. The van der Waals surface area contributed by atoms with Gasteiger partial charge in [0.25, 0.3) is 0 Å². The van der Waals surface area contributed by atoms with Crippen molar-refractivity contribution in [1.82, 2.24) is 0 Å². The molecule has 0 amide bonds.